The van der Waals surface area contributed by atoms with Gasteiger partial charge in [0.25, 0.3) is 0 Å². The van der Waals surface area contributed by atoms with Gasteiger partial charge in [-0.05, 0) is 55.7 Å². The fourth-order valence-corrected chi connectivity index (χ4v) is 4.86. The van der Waals surface area contributed by atoms with Crippen molar-refractivity contribution in [2.24, 2.45) is 0 Å². The Labute approximate surface area is 172 Å². The normalized spacial score (nSPS) is 15.5. The van der Waals surface area contributed by atoms with E-state index < -0.39 is 16.0 Å². The summed E-state index contributed by atoms with van der Waals surface area (Å²) in [5.74, 6) is 0.150. The number of esters is 1. The molecule has 1 aliphatic heterocycles. The van der Waals surface area contributed by atoms with E-state index in [0.29, 0.717) is 18.8 Å². The third kappa shape index (κ3) is 5.81. The van der Waals surface area contributed by atoms with Gasteiger partial charge in [-0.25, -0.2) is 13.2 Å². The molecule has 1 fully saturated rings. The molecule has 3 rings (SSSR count). The van der Waals surface area contributed by atoms with Crippen LogP contribution in [0.1, 0.15) is 41.6 Å². The highest BCUT2D eigenvalue weighted by Gasteiger charge is 2.26. The summed E-state index contributed by atoms with van der Waals surface area (Å²) < 4.78 is 38.1. The SMILES string of the molecule is Cc1cccc(OCCOC(=O)c2cccc(S(=O)(=O)N3CCCCCC3)c2)c1. The van der Waals surface area contributed by atoms with Crippen LogP contribution in [0.25, 0.3) is 0 Å². The van der Waals surface area contributed by atoms with Gasteiger partial charge in [0.05, 0.1) is 10.5 Å². The van der Waals surface area contributed by atoms with Crippen LogP contribution < -0.4 is 4.74 Å². The molecule has 6 nitrogen and oxygen atoms in total. The Morgan fingerprint density at radius 3 is 2.41 bits per heavy atom. The van der Waals surface area contributed by atoms with E-state index in [9.17, 15) is 13.2 Å². The van der Waals surface area contributed by atoms with Crippen molar-refractivity contribution < 1.29 is 22.7 Å². The molecule has 29 heavy (non-hydrogen) atoms. The van der Waals surface area contributed by atoms with E-state index >= 15 is 0 Å². The second-order valence-electron chi connectivity index (χ2n) is 7.15. The van der Waals surface area contributed by atoms with Crippen molar-refractivity contribution in [1.82, 2.24) is 4.31 Å². The van der Waals surface area contributed by atoms with Gasteiger partial charge in [-0.3, -0.25) is 0 Å². The summed E-state index contributed by atoms with van der Waals surface area (Å²) in [6.07, 6.45) is 3.82. The van der Waals surface area contributed by atoms with Crippen LogP contribution >= 0.6 is 0 Å². The molecule has 1 aliphatic rings. The number of rotatable bonds is 7. The van der Waals surface area contributed by atoms with Gasteiger partial charge in [-0.15, -0.1) is 0 Å². The second kappa shape index (κ2) is 9.89. The fourth-order valence-electron chi connectivity index (χ4n) is 3.30. The first-order chi connectivity index (χ1) is 14.0. The van der Waals surface area contributed by atoms with Crippen LogP contribution in [0.5, 0.6) is 5.75 Å². The van der Waals surface area contributed by atoms with Crippen molar-refractivity contribution in [3.8, 4) is 5.75 Å². The number of aryl methyl sites for hydroxylation is 1. The summed E-state index contributed by atoms with van der Waals surface area (Å²) in [5.41, 5.74) is 1.30. The van der Waals surface area contributed by atoms with Crippen LogP contribution in [-0.2, 0) is 14.8 Å². The average Bonchev–Trinajstić information content (AvgIpc) is 3.01. The van der Waals surface area contributed by atoms with Crippen molar-refractivity contribution in [2.45, 2.75) is 37.5 Å². The summed E-state index contributed by atoms with van der Waals surface area (Å²) in [7, 11) is -3.61. The van der Waals surface area contributed by atoms with Crippen LogP contribution in [0.4, 0.5) is 0 Å². The lowest BCUT2D eigenvalue weighted by molar-refractivity contribution is 0.0450. The van der Waals surface area contributed by atoms with E-state index in [-0.39, 0.29) is 23.7 Å². The Hall–Kier alpha value is -2.38. The lowest BCUT2D eigenvalue weighted by Crippen LogP contribution is -2.32. The van der Waals surface area contributed by atoms with E-state index in [1.165, 1.54) is 16.4 Å². The Balaban J connectivity index is 1.58. The maximum absolute atomic E-state index is 12.9. The minimum Gasteiger partial charge on any atom is -0.490 e. The molecule has 0 atom stereocenters. The van der Waals surface area contributed by atoms with Crippen LogP contribution in [-0.4, -0.2) is 45.0 Å². The summed E-state index contributed by atoms with van der Waals surface area (Å²) in [4.78, 5) is 12.5. The monoisotopic (exact) mass is 417 g/mol. The third-order valence-electron chi connectivity index (χ3n) is 4.85. The van der Waals surface area contributed by atoms with E-state index in [4.69, 9.17) is 9.47 Å². The Morgan fingerprint density at radius 1 is 0.966 bits per heavy atom. The number of hydrogen-bond donors (Lipinski definition) is 0. The predicted octanol–water partition coefficient (Wildman–Crippen LogP) is 3.80. The minimum absolute atomic E-state index is 0.0792. The van der Waals surface area contributed by atoms with Crippen LogP contribution in [0.3, 0.4) is 0 Å². The van der Waals surface area contributed by atoms with Gasteiger partial charge < -0.3 is 9.47 Å². The Morgan fingerprint density at radius 2 is 1.69 bits per heavy atom. The van der Waals surface area contributed by atoms with Crippen LogP contribution in [0.2, 0.25) is 0 Å². The molecule has 1 heterocycles. The number of ether oxygens (including phenoxy) is 2. The highest BCUT2D eigenvalue weighted by atomic mass is 32.2. The van der Waals surface area contributed by atoms with E-state index in [0.717, 1.165) is 31.2 Å². The predicted molar refractivity (Wildman–Crippen MR) is 111 cm³/mol. The topological polar surface area (TPSA) is 72.9 Å². The highest BCUT2D eigenvalue weighted by molar-refractivity contribution is 7.89. The summed E-state index contributed by atoms with van der Waals surface area (Å²) >= 11 is 0. The second-order valence-corrected chi connectivity index (χ2v) is 9.08. The van der Waals surface area contributed by atoms with Crippen molar-refractivity contribution >= 4 is 16.0 Å². The minimum atomic E-state index is -3.61. The molecule has 2 aromatic carbocycles. The van der Waals surface area contributed by atoms with E-state index in [1.807, 2.05) is 31.2 Å². The van der Waals surface area contributed by atoms with Crippen molar-refractivity contribution in [2.75, 3.05) is 26.3 Å². The molecule has 1 saturated heterocycles. The van der Waals surface area contributed by atoms with Crippen LogP contribution in [0.15, 0.2) is 53.4 Å². The zero-order valence-corrected chi connectivity index (χ0v) is 17.5. The van der Waals surface area contributed by atoms with Gasteiger partial charge in [0, 0.05) is 13.1 Å². The molecule has 0 N–H and O–H groups in total. The maximum Gasteiger partial charge on any atom is 0.338 e. The molecule has 0 radical (unpaired) electrons. The van der Waals surface area contributed by atoms with Gasteiger partial charge in [-0.1, -0.05) is 31.0 Å². The number of benzene rings is 2. The fraction of sp³-hybridized carbons (Fsp3) is 0.409. The van der Waals surface area contributed by atoms with Gasteiger partial charge in [0.15, 0.2) is 0 Å². The molecule has 0 unspecified atom stereocenters. The molecule has 0 amide bonds. The molecule has 0 aromatic heterocycles. The first-order valence-electron chi connectivity index (χ1n) is 9.93. The Bertz CT molecular complexity index is 934. The highest BCUT2D eigenvalue weighted by Crippen LogP contribution is 2.21. The number of sulfonamides is 1. The lowest BCUT2D eigenvalue weighted by atomic mass is 10.2. The molecule has 0 spiro atoms. The summed E-state index contributed by atoms with van der Waals surface area (Å²) in [6.45, 7) is 3.32. The number of carbonyl (C=O) groups is 1. The first kappa shape index (κ1) is 21.3. The average molecular weight is 418 g/mol. The van der Waals surface area contributed by atoms with Crippen molar-refractivity contribution in [3.05, 3.63) is 59.7 Å². The largest absolute Gasteiger partial charge is 0.490 e. The van der Waals surface area contributed by atoms with Crippen molar-refractivity contribution in [3.63, 3.8) is 0 Å². The maximum atomic E-state index is 12.9. The Kier molecular flexibility index (Phi) is 7.28. The zero-order chi connectivity index (χ0) is 20.7. The number of hydrogen-bond acceptors (Lipinski definition) is 5. The standard InChI is InChI=1S/C22H27NO5S/c1-18-8-6-10-20(16-18)27-14-15-28-22(24)19-9-7-11-21(17-19)29(25,26)23-12-4-2-3-5-13-23/h6-11,16-17H,2-5,12-15H2,1H3. The zero-order valence-electron chi connectivity index (χ0n) is 16.7. The lowest BCUT2D eigenvalue weighted by Gasteiger charge is -2.20. The molecule has 0 aliphatic carbocycles. The number of carbonyl (C=O) groups excluding carboxylic acids is 1. The first-order valence-corrected chi connectivity index (χ1v) is 11.4. The van der Waals surface area contributed by atoms with E-state index in [2.05, 4.69) is 0 Å². The van der Waals surface area contributed by atoms with Gasteiger partial charge in [0.1, 0.15) is 19.0 Å². The summed E-state index contributed by atoms with van der Waals surface area (Å²) in [6, 6.07) is 13.7. The van der Waals surface area contributed by atoms with Gasteiger partial charge in [-0.2, -0.15) is 4.31 Å². The third-order valence-corrected chi connectivity index (χ3v) is 6.74. The quantitative estimate of drug-likeness (QED) is 0.506. The van der Waals surface area contributed by atoms with Gasteiger partial charge in [0.2, 0.25) is 10.0 Å². The molecule has 0 saturated carbocycles. The van der Waals surface area contributed by atoms with Crippen LogP contribution in [0, 0.1) is 6.92 Å². The molecular weight excluding hydrogens is 390 g/mol. The number of nitrogens with zero attached hydrogens (tertiary/aromatic N) is 1. The van der Waals surface area contributed by atoms with E-state index in [1.54, 1.807) is 12.1 Å². The summed E-state index contributed by atoms with van der Waals surface area (Å²) in [5, 5.41) is 0. The van der Waals surface area contributed by atoms with Gasteiger partial charge >= 0.3 is 5.97 Å². The molecule has 156 valence electrons. The molecule has 0 bridgehead atoms. The van der Waals surface area contributed by atoms with Crippen molar-refractivity contribution in [1.29, 1.82) is 0 Å². The smallest absolute Gasteiger partial charge is 0.338 e. The molecular formula is C22H27NO5S. The molecule has 7 heteroatoms. The molecule has 2 aromatic rings.